The Morgan fingerprint density at radius 2 is 1.97 bits per heavy atom. The number of hydrogen-bond donors (Lipinski definition) is 0. The number of piperidine rings is 1. The predicted molar refractivity (Wildman–Crippen MR) is 113 cm³/mol. The molecule has 148 valence electrons. The van der Waals surface area contributed by atoms with E-state index in [4.69, 9.17) is 4.52 Å². The zero-order valence-electron chi connectivity index (χ0n) is 16.6. The summed E-state index contributed by atoms with van der Waals surface area (Å²) in [6, 6.07) is 17.9. The van der Waals surface area contributed by atoms with Crippen LogP contribution in [0, 0.1) is 12.8 Å². The van der Waals surface area contributed by atoms with Crippen molar-refractivity contribution in [2.75, 3.05) is 13.1 Å². The Balaban J connectivity index is 1.37. The molecule has 4 rings (SSSR count). The minimum atomic E-state index is 0.0599. The topological polar surface area (TPSA) is 59.2 Å². The minimum Gasteiger partial charge on any atom is -0.339 e. The van der Waals surface area contributed by atoms with Crippen molar-refractivity contribution in [3.8, 4) is 11.4 Å². The van der Waals surface area contributed by atoms with Crippen molar-refractivity contribution in [3.63, 3.8) is 0 Å². The Morgan fingerprint density at radius 3 is 2.79 bits per heavy atom. The highest BCUT2D eigenvalue weighted by Gasteiger charge is 2.24. The van der Waals surface area contributed by atoms with Crippen molar-refractivity contribution in [3.05, 3.63) is 77.7 Å². The Labute approximate surface area is 171 Å². The molecule has 1 atom stereocenters. The van der Waals surface area contributed by atoms with Crippen molar-refractivity contribution in [1.82, 2.24) is 15.0 Å². The summed E-state index contributed by atoms with van der Waals surface area (Å²) in [6.07, 6.45) is 6.30. The van der Waals surface area contributed by atoms with Crippen molar-refractivity contribution < 1.29 is 9.32 Å². The summed E-state index contributed by atoms with van der Waals surface area (Å²) in [4.78, 5) is 19.1. The highest BCUT2D eigenvalue weighted by molar-refractivity contribution is 5.91. The number of benzene rings is 2. The summed E-state index contributed by atoms with van der Waals surface area (Å²) in [5, 5.41) is 4.15. The normalized spacial score (nSPS) is 17.0. The van der Waals surface area contributed by atoms with Gasteiger partial charge in [0.2, 0.25) is 17.6 Å². The Bertz CT molecular complexity index is 994. The molecular weight excluding hydrogens is 362 g/mol. The van der Waals surface area contributed by atoms with Crippen LogP contribution in [0.4, 0.5) is 0 Å². The van der Waals surface area contributed by atoms with Crippen molar-refractivity contribution in [1.29, 1.82) is 0 Å². The van der Waals surface area contributed by atoms with Crippen LogP contribution in [0.2, 0.25) is 0 Å². The maximum atomic E-state index is 12.6. The van der Waals surface area contributed by atoms with E-state index in [1.807, 2.05) is 72.5 Å². The predicted octanol–water partition coefficient (Wildman–Crippen LogP) is 4.54. The molecule has 1 aliphatic heterocycles. The Hall–Kier alpha value is -3.21. The molecular formula is C24H25N3O2. The van der Waals surface area contributed by atoms with Gasteiger partial charge >= 0.3 is 0 Å². The van der Waals surface area contributed by atoms with E-state index in [1.54, 1.807) is 6.08 Å². The van der Waals surface area contributed by atoms with E-state index in [2.05, 4.69) is 10.1 Å². The number of carbonyl (C=O) groups is 1. The fourth-order valence-corrected chi connectivity index (χ4v) is 3.79. The van der Waals surface area contributed by atoms with Gasteiger partial charge in [-0.3, -0.25) is 4.79 Å². The molecule has 5 nitrogen and oxygen atoms in total. The largest absolute Gasteiger partial charge is 0.339 e. The lowest BCUT2D eigenvalue weighted by Gasteiger charge is -2.31. The second kappa shape index (κ2) is 8.86. The average Bonchev–Trinajstić information content (AvgIpc) is 3.21. The van der Waals surface area contributed by atoms with Gasteiger partial charge < -0.3 is 9.42 Å². The van der Waals surface area contributed by atoms with Gasteiger partial charge in [-0.1, -0.05) is 59.8 Å². The summed E-state index contributed by atoms with van der Waals surface area (Å²) in [7, 11) is 0. The lowest BCUT2D eigenvalue weighted by Crippen LogP contribution is -2.39. The second-order valence-electron chi connectivity index (χ2n) is 7.57. The minimum absolute atomic E-state index is 0.0599. The molecule has 1 saturated heterocycles. The summed E-state index contributed by atoms with van der Waals surface area (Å²) in [6.45, 7) is 3.56. The first kappa shape index (κ1) is 19.1. The van der Waals surface area contributed by atoms with Crippen molar-refractivity contribution in [2.24, 2.45) is 5.92 Å². The highest BCUT2D eigenvalue weighted by Crippen LogP contribution is 2.24. The van der Waals surface area contributed by atoms with E-state index in [0.29, 0.717) is 24.1 Å². The number of amides is 1. The molecule has 0 saturated carbocycles. The number of likely N-dealkylation sites (tertiary alicyclic amines) is 1. The second-order valence-corrected chi connectivity index (χ2v) is 7.57. The SMILES string of the molecule is Cc1ccccc1-c1noc(CC2CCCN(C(=O)/C=C\c3ccccc3)C2)n1. The van der Waals surface area contributed by atoms with Gasteiger partial charge in [0.25, 0.3) is 0 Å². The van der Waals surface area contributed by atoms with Crippen LogP contribution in [0.1, 0.15) is 29.9 Å². The molecule has 2 aromatic carbocycles. The van der Waals surface area contributed by atoms with Gasteiger partial charge in [0.05, 0.1) is 0 Å². The standard InChI is InChI=1S/C24H25N3O2/c1-18-8-5-6-12-21(18)24-25-22(29-26-24)16-20-11-7-15-27(17-20)23(28)14-13-19-9-3-2-4-10-19/h2-6,8-10,12-14,20H,7,11,15-17H2,1H3/b14-13-. The lowest BCUT2D eigenvalue weighted by atomic mass is 9.94. The van der Waals surface area contributed by atoms with E-state index in [1.165, 1.54) is 0 Å². The summed E-state index contributed by atoms with van der Waals surface area (Å²) < 4.78 is 5.50. The number of hydrogen-bond acceptors (Lipinski definition) is 4. The van der Waals surface area contributed by atoms with E-state index < -0.39 is 0 Å². The van der Waals surface area contributed by atoms with Crippen LogP contribution in [0.25, 0.3) is 17.5 Å². The molecule has 5 heteroatoms. The number of carbonyl (C=O) groups excluding carboxylic acids is 1. The maximum absolute atomic E-state index is 12.6. The molecule has 3 aromatic rings. The number of aromatic nitrogens is 2. The zero-order valence-corrected chi connectivity index (χ0v) is 16.6. The number of aryl methyl sites for hydroxylation is 1. The molecule has 1 amide bonds. The van der Waals surface area contributed by atoms with Gasteiger partial charge in [-0.05, 0) is 42.9 Å². The van der Waals surface area contributed by atoms with Gasteiger partial charge in [0.15, 0.2) is 0 Å². The molecule has 1 aliphatic rings. The molecule has 0 bridgehead atoms. The first-order valence-corrected chi connectivity index (χ1v) is 10.1. The highest BCUT2D eigenvalue weighted by atomic mass is 16.5. The van der Waals surface area contributed by atoms with Gasteiger partial charge in [-0.15, -0.1) is 0 Å². The first-order chi connectivity index (χ1) is 14.2. The molecule has 0 spiro atoms. The van der Waals surface area contributed by atoms with Crippen LogP contribution in [0.15, 0.2) is 65.2 Å². The average molecular weight is 387 g/mol. The zero-order chi connectivity index (χ0) is 20.1. The molecule has 29 heavy (non-hydrogen) atoms. The van der Waals surface area contributed by atoms with Crippen LogP contribution in [0.5, 0.6) is 0 Å². The van der Waals surface area contributed by atoms with Crippen LogP contribution in [-0.4, -0.2) is 34.0 Å². The Morgan fingerprint density at radius 1 is 1.17 bits per heavy atom. The third-order valence-electron chi connectivity index (χ3n) is 5.37. The fraction of sp³-hybridized carbons (Fsp3) is 0.292. The smallest absolute Gasteiger partial charge is 0.246 e. The van der Waals surface area contributed by atoms with Gasteiger partial charge in [-0.2, -0.15) is 4.98 Å². The van der Waals surface area contributed by atoms with Gasteiger partial charge in [0.1, 0.15) is 0 Å². The van der Waals surface area contributed by atoms with Gasteiger partial charge in [-0.25, -0.2) is 0 Å². The van der Waals surface area contributed by atoms with Crippen LogP contribution in [0.3, 0.4) is 0 Å². The summed E-state index contributed by atoms with van der Waals surface area (Å²) >= 11 is 0. The Kier molecular flexibility index (Phi) is 5.84. The molecule has 2 heterocycles. The van der Waals surface area contributed by atoms with Crippen LogP contribution in [-0.2, 0) is 11.2 Å². The van der Waals surface area contributed by atoms with Crippen LogP contribution >= 0.6 is 0 Å². The molecule has 1 fully saturated rings. The third-order valence-corrected chi connectivity index (χ3v) is 5.37. The quantitative estimate of drug-likeness (QED) is 0.603. The summed E-state index contributed by atoms with van der Waals surface area (Å²) in [5.74, 6) is 1.67. The molecule has 0 aliphatic carbocycles. The van der Waals surface area contributed by atoms with Crippen LogP contribution < -0.4 is 0 Å². The van der Waals surface area contributed by atoms with Crippen molar-refractivity contribution in [2.45, 2.75) is 26.2 Å². The van der Waals surface area contributed by atoms with Gasteiger partial charge in [0, 0.05) is 31.1 Å². The number of nitrogens with zero attached hydrogens (tertiary/aromatic N) is 3. The van der Waals surface area contributed by atoms with E-state index in [-0.39, 0.29) is 5.91 Å². The van der Waals surface area contributed by atoms with Crippen molar-refractivity contribution >= 4 is 12.0 Å². The van der Waals surface area contributed by atoms with E-state index in [9.17, 15) is 4.79 Å². The lowest BCUT2D eigenvalue weighted by molar-refractivity contribution is -0.127. The molecule has 0 N–H and O–H groups in total. The maximum Gasteiger partial charge on any atom is 0.246 e. The summed E-state index contributed by atoms with van der Waals surface area (Å²) in [5.41, 5.74) is 3.15. The molecule has 1 aromatic heterocycles. The number of rotatable bonds is 5. The first-order valence-electron chi connectivity index (χ1n) is 10.1. The monoisotopic (exact) mass is 387 g/mol. The van der Waals surface area contributed by atoms with E-state index >= 15 is 0 Å². The van der Waals surface area contributed by atoms with E-state index in [0.717, 1.165) is 42.6 Å². The molecule has 1 unspecified atom stereocenters. The molecule has 0 radical (unpaired) electrons. The fourth-order valence-electron chi connectivity index (χ4n) is 3.79. The third kappa shape index (κ3) is 4.80.